The van der Waals surface area contributed by atoms with Crippen LogP contribution in [-0.4, -0.2) is 15.2 Å². The van der Waals surface area contributed by atoms with Gasteiger partial charge in [0.25, 0.3) is 0 Å². The van der Waals surface area contributed by atoms with Crippen molar-refractivity contribution in [2.45, 2.75) is 17.7 Å². The molecule has 2 heterocycles. The number of rotatable bonds is 5. The summed E-state index contributed by atoms with van der Waals surface area (Å²) in [6.45, 7) is 1.88. The molecule has 2 aromatic heterocycles. The van der Waals surface area contributed by atoms with Crippen molar-refractivity contribution in [3.05, 3.63) is 83.3 Å². The molecule has 0 saturated carbocycles. The quantitative estimate of drug-likeness (QED) is 0.350. The van der Waals surface area contributed by atoms with Crippen molar-refractivity contribution in [2.24, 2.45) is 0 Å². The minimum atomic E-state index is -0.471. The van der Waals surface area contributed by atoms with Gasteiger partial charge in [-0.15, -0.1) is 21.5 Å². The van der Waals surface area contributed by atoms with Gasteiger partial charge in [0.05, 0.1) is 10.6 Å². The van der Waals surface area contributed by atoms with Crippen LogP contribution in [-0.2, 0) is 5.75 Å². The summed E-state index contributed by atoms with van der Waals surface area (Å²) in [7, 11) is 0. The third-order valence-corrected chi connectivity index (χ3v) is 6.34. The molecule has 0 amide bonds. The number of aromatic nitrogens is 3. The fourth-order valence-electron chi connectivity index (χ4n) is 2.67. The summed E-state index contributed by atoms with van der Waals surface area (Å²) in [5.41, 5.74) is 2.60. The number of hydrogen-bond acceptors (Lipinski definition) is 5. The molecule has 4 rings (SSSR count). The van der Waals surface area contributed by atoms with Crippen molar-refractivity contribution < 1.29 is 13.2 Å². The molecule has 0 bridgehead atoms. The minimum Gasteiger partial charge on any atom is -0.241 e. The van der Waals surface area contributed by atoms with Gasteiger partial charge in [0.2, 0.25) is 0 Å². The van der Waals surface area contributed by atoms with E-state index in [4.69, 9.17) is 0 Å². The van der Waals surface area contributed by atoms with Crippen LogP contribution in [0.1, 0.15) is 11.3 Å². The Kier molecular flexibility index (Phi) is 5.64. The Morgan fingerprint density at radius 3 is 2.38 bits per heavy atom. The molecule has 0 atom stereocenters. The maximum Gasteiger partial charge on any atom is 0.127 e. The van der Waals surface area contributed by atoms with E-state index in [9.17, 15) is 13.2 Å². The first-order chi connectivity index (χ1) is 14.0. The second-order valence-electron chi connectivity index (χ2n) is 6.22. The molecule has 0 spiro atoms. The molecule has 0 fully saturated rings. The van der Waals surface area contributed by atoms with Gasteiger partial charge in [0.1, 0.15) is 33.2 Å². The molecular formula is C21H14F3N3S2. The molecular weight excluding hydrogens is 415 g/mol. The van der Waals surface area contributed by atoms with E-state index in [1.54, 1.807) is 18.2 Å². The molecule has 8 heteroatoms. The standard InChI is InChI=1S/C21H14F3N3S2/c1-12-20(29-21(25-12)13-2-4-15(22)5-3-13)18-8-9-19(27-26-18)28-11-14-10-16(23)6-7-17(14)24/h2-10H,11H2,1H3. The predicted molar refractivity (Wildman–Crippen MR) is 109 cm³/mol. The summed E-state index contributed by atoms with van der Waals surface area (Å²) in [5, 5.41) is 9.82. The molecule has 4 aromatic rings. The highest BCUT2D eigenvalue weighted by molar-refractivity contribution is 7.98. The molecule has 2 aromatic carbocycles. The molecule has 29 heavy (non-hydrogen) atoms. The first-order valence-corrected chi connectivity index (χ1v) is 10.4. The number of benzene rings is 2. The summed E-state index contributed by atoms with van der Waals surface area (Å²) < 4.78 is 40.1. The zero-order chi connectivity index (χ0) is 20.4. The van der Waals surface area contributed by atoms with Crippen LogP contribution in [0, 0.1) is 24.4 Å². The van der Waals surface area contributed by atoms with Crippen molar-refractivity contribution >= 4 is 23.1 Å². The largest absolute Gasteiger partial charge is 0.241 e. The first kappa shape index (κ1) is 19.6. The number of nitrogens with zero attached hydrogens (tertiary/aromatic N) is 3. The summed E-state index contributed by atoms with van der Waals surface area (Å²) in [4.78, 5) is 5.43. The second kappa shape index (κ2) is 8.34. The molecule has 0 aliphatic carbocycles. The van der Waals surface area contributed by atoms with E-state index in [2.05, 4.69) is 15.2 Å². The Labute approximate surface area is 173 Å². The van der Waals surface area contributed by atoms with Gasteiger partial charge in [-0.3, -0.25) is 0 Å². The van der Waals surface area contributed by atoms with Gasteiger partial charge < -0.3 is 0 Å². The monoisotopic (exact) mass is 429 g/mol. The van der Waals surface area contributed by atoms with E-state index in [-0.39, 0.29) is 17.1 Å². The highest BCUT2D eigenvalue weighted by Gasteiger charge is 2.13. The number of thioether (sulfide) groups is 1. The molecule has 0 aliphatic rings. The van der Waals surface area contributed by atoms with E-state index in [0.717, 1.165) is 33.3 Å². The average Bonchev–Trinajstić information content (AvgIpc) is 3.11. The fourth-order valence-corrected chi connectivity index (χ4v) is 4.50. The molecule has 0 unspecified atom stereocenters. The summed E-state index contributed by atoms with van der Waals surface area (Å²) in [6, 6.07) is 13.2. The van der Waals surface area contributed by atoms with E-state index in [0.29, 0.717) is 10.7 Å². The SMILES string of the molecule is Cc1nc(-c2ccc(F)cc2)sc1-c1ccc(SCc2cc(F)ccc2F)nn1. The van der Waals surface area contributed by atoms with E-state index >= 15 is 0 Å². The van der Waals surface area contributed by atoms with Crippen LogP contribution >= 0.6 is 23.1 Å². The van der Waals surface area contributed by atoms with Crippen LogP contribution in [0.5, 0.6) is 0 Å². The number of hydrogen-bond donors (Lipinski definition) is 0. The lowest BCUT2D eigenvalue weighted by molar-refractivity contribution is 0.591. The molecule has 0 radical (unpaired) electrons. The van der Waals surface area contributed by atoms with Crippen molar-refractivity contribution in [2.75, 3.05) is 0 Å². The average molecular weight is 429 g/mol. The van der Waals surface area contributed by atoms with Crippen LogP contribution in [0.25, 0.3) is 21.1 Å². The Hall–Kier alpha value is -2.71. The lowest BCUT2D eigenvalue weighted by Crippen LogP contribution is -1.92. The molecule has 146 valence electrons. The number of aryl methyl sites for hydroxylation is 1. The lowest BCUT2D eigenvalue weighted by Gasteiger charge is -2.03. The van der Waals surface area contributed by atoms with Crippen molar-refractivity contribution in [1.82, 2.24) is 15.2 Å². The van der Waals surface area contributed by atoms with Crippen molar-refractivity contribution in [3.8, 4) is 21.1 Å². The van der Waals surface area contributed by atoms with Crippen LogP contribution in [0.4, 0.5) is 13.2 Å². The zero-order valence-electron chi connectivity index (χ0n) is 15.2. The lowest BCUT2D eigenvalue weighted by atomic mass is 10.2. The summed E-state index contributed by atoms with van der Waals surface area (Å²) >= 11 is 2.74. The summed E-state index contributed by atoms with van der Waals surface area (Å²) in [6.07, 6.45) is 0. The minimum absolute atomic E-state index is 0.256. The molecule has 0 saturated heterocycles. The van der Waals surface area contributed by atoms with Gasteiger partial charge in [-0.2, -0.15) is 0 Å². The van der Waals surface area contributed by atoms with Crippen LogP contribution < -0.4 is 0 Å². The Balaban J connectivity index is 1.50. The van der Waals surface area contributed by atoms with E-state index in [1.807, 2.05) is 13.0 Å². The molecule has 0 N–H and O–H groups in total. The van der Waals surface area contributed by atoms with Gasteiger partial charge in [-0.05, 0) is 61.5 Å². The fraction of sp³-hybridized carbons (Fsp3) is 0.0952. The topological polar surface area (TPSA) is 38.7 Å². The van der Waals surface area contributed by atoms with E-state index < -0.39 is 11.6 Å². The Morgan fingerprint density at radius 1 is 0.897 bits per heavy atom. The van der Waals surface area contributed by atoms with Crippen LogP contribution in [0.2, 0.25) is 0 Å². The van der Waals surface area contributed by atoms with Gasteiger partial charge >= 0.3 is 0 Å². The van der Waals surface area contributed by atoms with Gasteiger partial charge in [0, 0.05) is 16.9 Å². The van der Waals surface area contributed by atoms with Gasteiger partial charge in [-0.25, -0.2) is 18.2 Å². The predicted octanol–water partition coefficient (Wildman–Crippen LogP) is 6.29. The normalized spacial score (nSPS) is 11.0. The van der Waals surface area contributed by atoms with Crippen molar-refractivity contribution in [3.63, 3.8) is 0 Å². The third-order valence-electron chi connectivity index (χ3n) is 4.14. The van der Waals surface area contributed by atoms with Crippen LogP contribution in [0.15, 0.2) is 59.6 Å². The Morgan fingerprint density at radius 2 is 1.66 bits per heavy atom. The smallest absolute Gasteiger partial charge is 0.127 e. The highest BCUT2D eigenvalue weighted by atomic mass is 32.2. The maximum atomic E-state index is 13.7. The maximum absolute atomic E-state index is 13.7. The Bertz CT molecular complexity index is 1140. The number of halogens is 3. The second-order valence-corrected chi connectivity index (χ2v) is 8.22. The van der Waals surface area contributed by atoms with Gasteiger partial charge in [0.15, 0.2) is 0 Å². The number of thiazole rings is 1. The van der Waals surface area contributed by atoms with Crippen molar-refractivity contribution in [1.29, 1.82) is 0 Å². The first-order valence-electron chi connectivity index (χ1n) is 8.64. The third kappa shape index (κ3) is 4.49. The highest BCUT2D eigenvalue weighted by Crippen LogP contribution is 2.34. The molecule has 3 nitrogen and oxygen atoms in total. The van der Waals surface area contributed by atoms with E-state index in [1.165, 1.54) is 41.3 Å². The van der Waals surface area contributed by atoms with Crippen LogP contribution in [0.3, 0.4) is 0 Å². The molecule has 0 aliphatic heterocycles. The zero-order valence-corrected chi connectivity index (χ0v) is 16.8. The summed E-state index contributed by atoms with van der Waals surface area (Å²) in [5.74, 6) is -0.955. The van der Waals surface area contributed by atoms with Gasteiger partial charge in [-0.1, -0.05) is 11.8 Å².